The number of benzene rings is 1. The van der Waals surface area contributed by atoms with Gasteiger partial charge < -0.3 is 10.2 Å². The first-order chi connectivity index (χ1) is 7.63. The largest absolute Gasteiger partial charge is 0.396 e. The van der Waals surface area contributed by atoms with Crippen molar-refractivity contribution < 1.29 is 10.2 Å². The molecule has 2 aromatic rings. The van der Waals surface area contributed by atoms with Crippen LogP contribution in [0.25, 0.3) is 10.9 Å². The van der Waals surface area contributed by atoms with Crippen LogP contribution in [0, 0.1) is 5.92 Å². The van der Waals surface area contributed by atoms with Crippen molar-refractivity contribution in [3.63, 3.8) is 0 Å². The molecule has 1 aromatic carbocycles. The second kappa shape index (κ2) is 4.23. The topological polar surface area (TPSA) is 58.3 Å². The molecule has 4 nitrogen and oxygen atoms in total. The van der Waals surface area contributed by atoms with E-state index in [9.17, 15) is 5.11 Å². The van der Waals surface area contributed by atoms with Crippen molar-refractivity contribution in [3.05, 3.63) is 30.0 Å². The maximum Gasteiger partial charge on any atom is 0.0837 e. The number of nitrogens with zero attached hydrogens (tertiary/aromatic N) is 2. The zero-order valence-electron chi connectivity index (χ0n) is 9.46. The van der Waals surface area contributed by atoms with E-state index >= 15 is 0 Å². The van der Waals surface area contributed by atoms with Crippen LogP contribution in [-0.4, -0.2) is 26.6 Å². The van der Waals surface area contributed by atoms with Gasteiger partial charge >= 0.3 is 0 Å². The lowest BCUT2D eigenvalue weighted by Crippen LogP contribution is -2.12. The average molecular weight is 220 g/mol. The second-order valence-corrected chi connectivity index (χ2v) is 4.19. The number of hydrogen-bond donors (Lipinski definition) is 2. The highest BCUT2D eigenvalue weighted by atomic mass is 16.3. The molecule has 2 rings (SSSR count). The molecule has 2 atom stereocenters. The predicted octanol–water partition coefficient (Wildman–Crippen LogP) is 1.24. The molecule has 2 N–H and O–H groups in total. The van der Waals surface area contributed by atoms with Gasteiger partial charge in [-0.25, -0.2) is 0 Å². The molecule has 0 fully saturated rings. The highest BCUT2D eigenvalue weighted by Crippen LogP contribution is 2.24. The SMILES string of the molecule is C[C@H](CO)C(O)c1ccc2c(cnn2C)c1. The quantitative estimate of drug-likeness (QED) is 0.818. The van der Waals surface area contributed by atoms with Crippen LogP contribution >= 0.6 is 0 Å². The summed E-state index contributed by atoms with van der Waals surface area (Å²) in [5.41, 5.74) is 1.86. The minimum Gasteiger partial charge on any atom is -0.396 e. The third-order valence-electron chi connectivity index (χ3n) is 2.94. The summed E-state index contributed by atoms with van der Waals surface area (Å²) in [6.45, 7) is 1.80. The van der Waals surface area contributed by atoms with Crippen molar-refractivity contribution in [1.82, 2.24) is 9.78 Å². The van der Waals surface area contributed by atoms with E-state index in [1.165, 1.54) is 0 Å². The van der Waals surface area contributed by atoms with Crippen LogP contribution < -0.4 is 0 Å². The van der Waals surface area contributed by atoms with Gasteiger partial charge in [-0.2, -0.15) is 5.10 Å². The van der Waals surface area contributed by atoms with Crippen LogP contribution in [0.2, 0.25) is 0 Å². The lowest BCUT2D eigenvalue weighted by atomic mass is 9.97. The Kier molecular flexibility index (Phi) is 2.94. The Bertz CT molecular complexity index is 493. The summed E-state index contributed by atoms with van der Waals surface area (Å²) in [6, 6.07) is 5.73. The van der Waals surface area contributed by atoms with Crippen LogP contribution in [-0.2, 0) is 7.05 Å². The van der Waals surface area contributed by atoms with E-state index in [1.54, 1.807) is 10.9 Å². The van der Waals surface area contributed by atoms with Crippen molar-refractivity contribution in [2.24, 2.45) is 13.0 Å². The summed E-state index contributed by atoms with van der Waals surface area (Å²) in [5, 5.41) is 24.1. The first kappa shape index (κ1) is 11.1. The zero-order valence-corrected chi connectivity index (χ0v) is 9.46. The summed E-state index contributed by atoms with van der Waals surface area (Å²) in [4.78, 5) is 0. The summed E-state index contributed by atoms with van der Waals surface area (Å²) in [7, 11) is 1.88. The molecule has 0 aliphatic rings. The van der Waals surface area contributed by atoms with E-state index in [4.69, 9.17) is 5.11 Å². The second-order valence-electron chi connectivity index (χ2n) is 4.19. The van der Waals surface area contributed by atoms with Crippen LogP contribution in [0.5, 0.6) is 0 Å². The van der Waals surface area contributed by atoms with E-state index < -0.39 is 6.10 Å². The Morgan fingerprint density at radius 3 is 2.88 bits per heavy atom. The Morgan fingerprint density at radius 1 is 1.44 bits per heavy atom. The standard InChI is InChI=1S/C12H16N2O2/c1-8(7-15)12(16)9-3-4-11-10(5-9)6-13-14(11)2/h3-6,8,12,15-16H,7H2,1-2H3/t8-,12?/m1/s1. The first-order valence-corrected chi connectivity index (χ1v) is 5.34. The van der Waals surface area contributed by atoms with Crippen molar-refractivity contribution in [2.75, 3.05) is 6.61 Å². The van der Waals surface area contributed by atoms with Gasteiger partial charge in [0.2, 0.25) is 0 Å². The van der Waals surface area contributed by atoms with Crippen LogP contribution in [0.15, 0.2) is 24.4 Å². The molecule has 0 radical (unpaired) electrons. The molecule has 0 amide bonds. The highest BCUT2D eigenvalue weighted by molar-refractivity contribution is 5.79. The van der Waals surface area contributed by atoms with Crippen molar-refractivity contribution in [2.45, 2.75) is 13.0 Å². The molecule has 86 valence electrons. The average Bonchev–Trinajstić information content (AvgIpc) is 2.68. The monoisotopic (exact) mass is 220 g/mol. The Balaban J connectivity index is 2.39. The van der Waals surface area contributed by atoms with E-state index in [2.05, 4.69) is 5.10 Å². The van der Waals surface area contributed by atoms with Gasteiger partial charge in [-0.1, -0.05) is 13.0 Å². The number of rotatable bonds is 3. The maximum atomic E-state index is 9.97. The van der Waals surface area contributed by atoms with Gasteiger partial charge in [0.05, 0.1) is 17.8 Å². The molecule has 0 spiro atoms. The maximum absolute atomic E-state index is 9.97. The van der Waals surface area contributed by atoms with Gasteiger partial charge in [0.25, 0.3) is 0 Å². The molecule has 0 bridgehead atoms. The molecular weight excluding hydrogens is 204 g/mol. The fourth-order valence-corrected chi connectivity index (χ4v) is 1.79. The third-order valence-corrected chi connectivity index (χ3v) is 2.94. The van der Waals surface area contributed by atoms with Crippen LogP contribution in [0.3, 0.4) is 0 Å². The first-order valence-electron chi connectivity index (χ1n) is 5.34. The number of aliphatic hydroxyl groups is 2. The zero-order chi connectivity index (χ0) is 11.7. The summed E-state index contributed by atoms with van der Waals surface area (Å²) in [6.07, 6.45) is 1.14. The van der Waals surface area contributed by atoms with Crippen LogP contribution in [0.1, 0.15) is 18.6 Å². The van der Waals surface area contributed by atoms with Gasteiger partial charge in [0, 0.05) is 25.0 Å². The molecule has 1 unspecified atom stereocenters. The smallest absolute Gasteiger partial charge is 0.0837 e. The fourth-order valence-electron chi connectivity index (χ4n) is 1.79. The lowest BCUT2D eigenvalue weighted by Gasteiger charge is -2.16. The van der Waals surface area contributed by atoms with E-state index in [0.717, 1.165) is 16.5 Å². The Hall–Kier alpha value is -1.39. The number of fused-ring (bicyclic) bond motifs is 1. The number of hydrogen-bond acceptors (Lipinski definition) is 3. The normalized spacial score (nSPS) is 15.2. The van der Waals surface area contributed by atoms with Gasteiger partial charge in [-0.05, 0) is 17.7 Å². The Labute approximate surface area is 94.1 Å². The van der Waals surface area contributed by atoms with E-state index in [0.29, 0.717) is 0 Å². The van der Waals surface area contributed by atoms with Gasteiger partial charge in [0.1, 0.15) is 0 Å². The van der Waals surface area contributed by atoms with Gasteiger partial charge in [-0.15, -0.1) is 0 Å². The van der Waals surface area contributed by atoms with E-state index in [1.807, 2.05) is 32.2 Å². The summed E-state index contributed by atoms with van der Waals surface area (Å²) < 4.78 is 1.79. The highest BCUT2D eigenvalue weighted by Gasteiger charge is 2.16. The molecule has 0 aliphatic carbocycles. The van der Waals surface area contributed by atoms with Crippen molar-refractivity contribution in [1.29, 1.82) is 0 Å². The van der Waals surface area contributed by atoms with Gasteiger partial charge in [0.15, 0.2) is 0 Å². The number of aromatic nitrogens is 2. The molecule has 4 heteroatoms. The molecule has 0 saturated heterocycles. The molecule has 1 heterocycles. The fraction of sp³-hybridized carbons (Fsp3) is 0.417. The summed E-state index contributed by atoms with van der Waals surface area (Å²) in [5.74, 6) is -0.158. The molecule has 16 heavy (non-hydrogen) atoms. The van der Waals surface area contributed by atoms with Crippen LogP contribution in [0.4, 0.5) is 0 Å². The van der Waals surface area contributed by atoms with E-state index in [-0.39, 0.29) is 12.5 Å². The molecule has 0 saturated carbocycles. The minimum atomic E-state index is -0.630. The third kappa shape index (κ3) is 1.81. The number of aryl methyl sites for hydroxylation is 1. The molecule has 1 aromatic heterocycles. The minimum absolute atomic E-state index is 0.0216. The lowest BCUT2D eigenvalue weighted by molar-refractivity contribution is 0.0771. The molecule has 0 aliphatic heterocycles. The van der Waals surface area contributed by atoms with Gasteiger partial charge in [-0.3, -0.25) is 4.68 Å². The number of aliphatic hydroxyl groups excluding tert-OH is 2. The van der Waals surface area contributed by atoms with Crippen molar-refractivity contribution >= 4 is 10.9 Å². The molecular formula is C12H16N2O2. The van der Waals surface area contributed by atoms with Crippen molar-refractivity contribution in [3.8, 4) is 0 Å². The Morgan fingerprint density at radius 2 is 2.19 bits per heavy atom. The predicted molar refractivity (Wildman–Crippen MR) is 61.9 cm³/mol. The summed E-state index contributed by atoms with van der Waals surface area (Å²) >= 11 is 0.